The van der Waals surface area contributed by atoms with Crippen LogP contribution in [0, 0.1) is 0 Å². The van der Waals surface area contributed by atoms with Gasteiger partial charge in [-0.25, -0.2) is 4.98 Å². The average molecular weight is 372 g/mol. The van der Waals surface area contributed by atoms with Crippen molar-refractivity contribution in [3.63, 3.8) is 0 Å². The Morgan fingerprint density at radius 1 is 1.23 bits per heavy atom. The summed E-state index contributed by atoms with van der Waals surface area (Å²) in [5.74, 6) is 1.39. The Morgan fingerprint density at radius 3 is 2.62 bits per heavy atom. The summed E-state index contributed by atoms with van der Waals surface area (Å²) in [5, 5.41) is 4.51. The van der Waals surface area contributed by atoms with Gasteiger partial charge in [0.2, 0.25) is 0 Å². The maximum atomic E-state index is 13.2. The maximum absolute atomic E-state index is 13.2. The normalized spacial score (nSPS) is 12.3. The fraction of sp³-hybridized carbons (Fsp3) is 0.300. The average Bonchev–Trinajstić information content (AvgIpc) is 2.65. The minimum absolute atomic E-state index is 0.0897. The molecule has 1 heterocycles. The molecule has 0 saturated carbocycles. The van der Waals surface area contributed by atoms with Crippen LogP contribution < -0.4 is 15.6 Å². The zero-order valence-corrected chi connectivity index (χ0v) is 15.9. The summed E-state index contributed by atoms with van der Waals surface area (Å²) in [6.07, 6.45) is 0.997. The molecular formula is C20H22ClN3O2. The van der Waals surface area contributed by atoms with Crippen molar-refractivity contribution in [3.05, 3.63) is 63.7 Å². The number of fused-ring (bicyclic) bond motifs is 1. The molecule has 0 radical (unpaired) electrons. The van der Waals surface area contributed by atoms with Crippen LogP contribution in [0.2, 0.25) is 5.02 Å². The van der Waals surface area contributed by atoms with Gasteiger partial charge in [0.05, 0.1) is 29.7 Å². The van der Waals surface area contributed by atoms with Gasteiger partial charge < -0.3 is 10.1 Å². The van der Waals surface area contributed by atoms with E-state index < -0.39 is 0 Å². The summed E-state index contributed by atoms with van der Waals surface area (Å²) in [7, 11) is 1.62. The van der Waals surface area contributed by atoms with Gasteiger partial charge >= 0.3 is 0 Å². The summed E-state index contributed by atoms with van der Waals surface area (Å²) in [6.45, 7) is 4.95. The van der Waals surface area contributed by atoms with Crippen molar-refractivity contribution >= 4 is 22.5 Å². The lowest BCUT2D eigenvalue weighted by Crippen LogP contribution is -2.30. The van der Waals surface area contributed by atoms with Crippen molar-refractivity contribution in [1.29, 1.82) is 0 Å². The zero-order chi connectivity index (χ0) is 18.7. The molecule has 6 heteroatoms. The van der Waals surface area contributed by atoms with E-state index in [-0.39, 0.29) is 11.6 Å². The molecule has 1 aromatic heterocycles. The van der Waals surface area contributed by atoms with E-state index in [4.69, 9.17) is 21.3 Å². The monoisotopic (exact) mass is 371 g/mol. The van der Waals surface area contributed by atoms with Crippen molar-refractivity contribution in [2.45, 2.75) is 26.3 Å². The van der Waals surface area contributed by atoms with Crippen LogP contribution in [-0.4, -0.2) is 23.2 Å². The van der Waals surface area contributed by atoms with Crippen molar-refractivity contribution < 1.29 is 4.74 Å². The largest absolute Gasteiger partial charge is 0.497 e. The molecule has 1 N–H and O–H groups in total. The minimum atomic E-state index is -0.114. The molecule has 0 fully saturated rings. The number of nitrogens with one attached hydrogen (secondary N) is 1. The van der Waals surface area contributed by atoms with Gasteiger partial charge in [0.25, 0.3) is 5.56 Å². The van der Waals surface area contributed by atoms with Gasteiger partial charge in [-0.1, -0.05) is 18.5 Å². The third-order valence-corrected chi connectivity index (χ3v) is 4.51. The van der Waals surface area contributed by atoms with Gasteiger partial charge in [-0.05, 0) is 62.4 Å². The molecular weight excluding hydrogens is 350 g/mol. The van der Waals surface area contributed by atoms with E-state index in [1.54, 1.807) is 29.9 Å². The van der Waals surface area contributed by atoms with Crippen molar-refractivity contribution in [2.75, 3.05) is 13.7 Å². The van der Waals surface area contributed by atoms with E-state index in [2.05, 4.69) is 12.2 Å². The molecule has 26 heavy (non-hydrogen) atoms. The summed E-state index contributed by atoms with van der Waals surface area (Å²) >= 11 is 6.10. The molecule has 0 aliphatic carbocycles. The first kappa shape index (κ1) is 18.4. The first-order valence-corrected chi connectivity index (χ1v) is 9.03. The highest BCUT2D eigenvalue weighted by atomic mass is 35.5. The number of halogens is 1. The number of ether oxygens (including phenoxy) is 1. The van der Waals surface area contributed by atoms with Gasteiger partial charge in [0.15, 0.2) is 0 Å². The summed E-state index contributed by atoms with van der Waals surface area (Å²) < 4.78 is 6.88. The Balaban J connectivity index is 2.24. The van der Waals surface area contributed by atoms with E-state index in [0.717, 1.165) is 24.4 Å². The van der Waals surface area contributed by atoms with Crippen LogP contribution in [0.5, 0.6) is 5.75 Å². The lowest BCUT2D eigenvalue weighted by molar-refractivity contribution is 0.414. The van der Waals surface area contributed by atoms with Gasteiger partial charge in [0, 0.05) is 5.02 Å². The molecule has 3 rings (SSSR count). The SMILES string of the molecule is CCCN[C@H](C)c1nc2cc(Cl)ccc2c(=O)n1-c1ccc(OC)cc1. The first-order chi connectivity index (χ1) is 12.5. The fourth-order valence-electron chi connectivity index (χ4n) is 2.90. The van der Waals surface area contributed by atoms with Crippen molar-refractivity contribution in [2.24, 2.45) is 0 Å². The molecule has 1 atom stereocenters. The molecule has 0 bridgehead atoms. The lowest BCUT2D eigenvalue weighted by atomic mass is 10.2. The molecule has 5 nitrogen and oxygen atoms in total. The Bertz CT molecular complexity index is 967. The molecule has 0 unspecified atom stereocenters. The van der Waals surface area contributed by atoms with E-state index in [0.29, 0.717) is 21.7 Å². The van der Waals surface area contributed by atoms with Crippen LogP contribution in [0.15, 0.2) is 47.3 Å². The van der Waals surface area contributed by atoms with Crippen LogP contribution in [-0.2, 0) is 0 Å². The van der Waals surface area contributed by atoms with Gasteiger partial charge in [-0.3, -0.25) is 9.36 Å². The van der Waals surface area contributed by atoms with Gasteiger partial charge in [-0.2, -0.15) is 0 Å². The number of rotatable bonds is 6. The molecule has 0 saturated heterocycles. The van der Waals surface area contributed by atoms with Crippen LogP contribution in [0.3, 0.4) is 0 Å². The second kappa shape index (κ2) is 7.89. The van der Waals surface area contributed by atoms with Crippen LogP contribution in [0.4, 0.5) is 0 Å². The molecule has 0 amide bonds. The maximum Gasteiger partial charge on any atom is 0.266 e. The fourth-order valence-corrected chi connectivity index (χ4v) is 3.07. The Hall–Kier alpha value is -2.37. The zero-order valence-electron chi connectivity index (χ0n) is 15.1. The van der Waals surface area contributed by atoms with Gasteiger partial charge in [0.1, 0.15) is 11.6 Å². The minimum Gasteiger partial charge on any atom is -0.497 e. The number of methoxy groups -OCH3 is 1. The topological polar surface area (TPSA) is 56.2 Å². The molecule has 0 aliphatic rings. The number of hydrogen-bond acceptors (Lipinski definition) is 4. The smallest absolute Gasteiger partial charge is 0.266 e. The van der Waals surface area contributed by atoms with E-state index in [9.17, 15) is 4.79 Å². The third-order valence-electron chi connectivity index (χ3n) is 4.28. The molecule has 0 spiro atoms. The lowest BCUT2D eigenvalue weighted by Gasteiger charge is -2.19. The first-order valence-electron chi connectivity index (χ1n) is 8.65. The third kappa shape index (κ3) is 3.59. The second-order valence-electron chi connectivity index (χ2n) is 6.15. The Kier molecular flexibility index (Phi) is 5.59. The summed E-state index contributed by atoms with van der Waals surface area (Å²) in [6, 6.07) is 12.5. The number of nitrogens with zero attached hydrogens (tertiary/aromatic N) is 2. The van der Waals surface area contributed by atoms with Crippen LogP contribution in [0.25, 0.3) is 16.6 Å². The highest BCUT2D eigenvalue weighted by molar-refractivity contribution is 6.31. The van der Waals surface area contributed by atoms with Crippen LogP contribution >= 0.6 is 11.6 Å². The molecule has 136 valence electrons. The summed E-state index contributed by atoms with van der Waals surface area (Å²) in [5.41, 5.74) is 1.24. The van der Waals surface area contributed by atoms with Crippen molar-refractivity contribution in [3.8, 4) is 11.4 Å². The van der Waals surface area contributed by atoms with Gasteiger partial charge in [-0.15, -0.1) is 0 Å². The Labute approximate surface area is 157 Å². The van der Waals surface area contributed by atoms with E-state index >= 15 is 0 Å². The number of benzene rings is 2. The predicted octanol–water partition coefficient (Wildman–Crippen LogP) is 4.11. The standard InChI is InChI=1S/C20H22ClN3O2/c1-4-11-22-13(2)19-23-18-12-14(21)5-10-17(18)20(25)24(19)15-6-8-16(26-3)9-7-15/h5-10,12-13,22H,4,11H2,1-3H3/t13-/m1/s1. The van der Waals surface area contributed by atoms with E-state index in [1.165, 1.54) is 0 Å². The second-order valence-corrected chi connectivity index (χ2v) is 6.58. The Morgan fingerprint density at radius 2 is 1.96 bits per heavy atom. The number of aromatic nitrogens is 2. The summed E-state index contributed by atoms with van der Waals surface area (Å²) in [4.78, 5) is 18.0. The highest BCUT2D eigenvalue weighted by Gasteiger charge is 2.17. The quantitative estimate of drug-likeness (QED) is 0.708. The van der Waals surface area contributed by atoms with E-state index in [1.807, 2.05) is 31.2 Å². The molecule has 3 aromatic rings. The van der Waals surface area contributed by atoms with Crippen LogP contribution in [0.1, 0.15) is 32.1 Å². The van der Waals surface area contributed by atoms with Crippen molar-refractivity contribution in [1.82, 2.24) is 14.9 Å². The molecule has 0 aliphatic heterocycles. The number of hydrogen-bond donors (Lipinski definition) is 1. The molecule has 2 aromatic carbocycles. The highest BCUT2D eigenvalue weighted by Crippen LogP contribution is 2.22. The predicted molar refractivity (Wildman–Crippen MR) is 106 cm³/mol.